The van der Waals surface area contributed by atoms with Crippen molar-refractivity contribution in [2.75, 3.05) is 44.2 Å². The number of nitrogens with zero attached hydrogens (tertiary/aromatic N) is 5. The molecule has 0 spiro atoms. The van der Waals surface area contributed by atoms with Crippen LogP contribution in [0.5, 0.6) is 5.88 Å². The van der Waals surface area contributed by atoms with Gasteiger partial charge in [0.25, 0.3) is 0 Å². The lowest BCUT2D eigenvalue weighted by molar-refractivity contribution is 0.0483. The summed E-state index contributed by atoms with van der Waals surface area (Å²) in [5.74, 6) is 1.45. The fourth-order valence-corrected chi connectivity index (χ4v) is 6.10. The van der Waals surface area contributed by atoms with Crippen molar-refractivity contribution in [3.05, 3.63) is 12.4 Å². The smallest absolute Gasteiger partial charge is 0.407 e. The lowest BCUT2D eigenvalue weighted by atomic mass is 9.83. The van der Waals surface area contributed by atoms with Crippen molar-refractivity contribution >= 4 is 21.9 Å². The maximum Gasteiger partial charge on any atom is 0.407 e. The zero-order valence-electron chi connectivity index (χ0n) is 19.7. The number of rotatable bonds is 7. The summed E-state index contributed by atoms with van der Waals surface area (Å²) in [6, 6.07) is 0.0592. The number of sulfonamides is 1. The maximum atomic E-state index is 12.3. The summed E-state index contributed by atoms with van der Waals surface area (Å²) in [5, 5.41) is 9.13. The van der Waals surface area contributed by atoms with E-state index in [0.717, 1.165) is 25.7 Å². The number of likely N-dealkylation sites (tertiary alicyclic amines) is 1. The van der Waals surface area contributed by atoms with E-state index in [0.29, 0.717) is 56.9 Å². The van der Waals surface area contributed by atoms with Crippen molar-refractivity contribution in [3.63, 3.8) is 0 Å². The van der Waals surface area contributed by atoms with E-state index in [1.54, 1.807) is 35.4 Å². The van der Waals surface area contributed by atoms with Crippen molar-refractivity contribution in [2.24, 2.45) is 11.3 Å². The lowest BCUT2D eigenvalue weighted by Crippen LogP contribution is -2.50. The van der Waals surface area contributed by atoms with Crippen molar-refractivity contribution < 1.29 is 23.1 Å². The number of aromatic nitrogens is 2. The summed E-state index contributed by atoms with van der Waals surface area (Å²) in [4.78, 5) is 24.1. The van der Waals surface area contributed by atoms with Gasteiger partial charge in [-0.1, -0.05) is 6.92 Å². The molecule has 3 fully saturated rings. The Morgan fingerprint density at radius 2 is 1.88 bits per heavy atom. The molecule has 1 saturated carbocycles. The molecule has 1 amide bonds. The molecule has 33 heavy (non-hydrogen) atoms. The monoisotopic (exact) mass is 481 g/mol. The minimum Gasteiger partial charge on any atom is -0.476 e. The van der Waals surface area contributed by atoms with Crippen LogP contribution < -0.4 is 9.64 Å². The molecule has 10 nitrogen and oxygen atoms in total. The number of hydrogen-bond donors (Lipinski definition) is 1. The quantitative estimate of drug-likeness (QED) is 0.631. The van der Waals surface area contributed by atoms with Gasteiger partial charge in [0.05, 0.1) is 24.3 Å². The van der Waals surface area contributed by atoms with Crippen molar-refractivity contribution in [3.8, 4) is 5.88 Å². The maximum absolute atomic E-state index is 12.3. The Bertz CT molecular complexity index is 942. The third-order valence-corrected chi connectivity index (χ3v) is 9.68. The Kier molecular flexibility index (Phi) is 6.73. The van der Waals surface area contributed by atoms with Gasteiger partial charge in [-0.25, -0.2) is 23.2 Å². The Morgan fingerprint density at radius 3 is 2.42 bits per heavy atom. The van der Waals surface area contributed by atoms with Crippen LogP contribution in [-0.2, 0) is 10.0 Å². The molecule has 3 heterocycles. The van der Waals surface area contributed by atoms with E-state index in [-0.39, 0.29) is 11.5 Å². The molecule has 184 valence electrons. The first-order chi connectivity index (χ1) is 15.6. The number of hydrogen-bond acceptors (Lipinski definition) is 7. The van der Waals surface area contributed by atoms with E-state index in [1.807, 2.05) is 4.90 Å². The summed E-state index contributed by atoms with van der Waals surface area (Å²) >= 11 is 0. The molecule has 0 aromatic carbocycles. The number of carboxylic acid groups (broad SMARTS) is 1. The average molecular weight is 482 g/mol. The highest BCUT2D eigenvalue weighted by Crippen LogP contribution is 2.53. The molecule has 0 radical (unpaired) electrons. The number of piperazine rings is 1. The van der Waals surface area contributed by atoms with Crippen LogP contribution in [0, 0.1) is 11.3 Å². The van der Waals surface area contributed by atoms with Crippen molar-refractivity contribution in [2.45, 2.75) is 57.7 Å². The molecular weight excluding hydrogens is 446 g/mol. The second-order valence-electron chi connectivity index (χ2n) is 10.0. The van der Waals surface area contributed by atoms with E-state index >= 15 is 0 Å². The molecule has 1 N–H and O–H groups in total. The summed E-state index contributed by atoms with van der Waals surface area (Å²) in [6.45, 7) is 8.66. The first-order valence-corrected chi connectivity index (χ1v) is 13.3. The molecule has 2 atom stereocenters. The normalized spacial score (nSPS) is 25.8. The summed E-state index contributed by atoms with van der Waals surface area (Å²) in [7, 11) is -3.23. The van der Waals surface area contributed by atoms with Gasteiger partial charge in [-0.2, -0.15) is 4.31 Å². The molecule has 3 aliphatic rings. The Labute approximate surface area is 196 Å². The van der Waals surface area contributed by atoms with Crippen LogP contribution in [0.4, 0.5) is 10.6 Å². The van der Waals surface area contributed by atoms with Gasteiger partial charge < -0.3 is 19.6 Å². The lowest BCUT2D eigenvalue weighted by Gasteiger charge is -2.41. The molecule has 11 heteroatoms. The predicted molar refractivity (Wildman–Crippen MR) is 124 cm³/mol. The van der Waals surface area contributed by atoms with Crippen LogP contribution in [0.25, 0.3) is 0 Å². The van der Waals surface area contributed by atoms with Crippen LogP contribution in [0.1, 0.15) is 46.5 Å². The van der Waals surface area contributed by atoms with Gasteiger partial charge in [0, 0.05) is 38.8 Å². The minimum atomic E-state index is -3.23. The van der Waals surface area contributed by atoms with E-state index in [1.165, 1.54) is 0 Å². The molecule has 2 saturated heterocycles. The molecule has 0 bridgehead atoms. The predicted octanol–water partition coefficient (Wildman–Crippen LogP) is 2.27. The third kappa shape index (κ3) is 5.18. The fourth-order valence-electron chi connectivity index (χ4n) is 4.83. The Morgan fingerprint density at radius 1 is 1.18 bits per heavy atom. The van der Waals surface area contributed by atoms with Gasteiger partial charge in [-0.15, -0.1) is 0 Å². The fraction of sp³-hybridized carbons (Fsp3) is 0.773. The standard InChI is InChI=1S/C22H35N5O5S/c1-16(2)33(30,31)26-10-8-25(9-11-26)19-13-24-20(14-23-19)32-15-17-4-7-27(21(28)29)18(12-17)22(3)5-6-22/h13-14,16-18H,4-12,15H2,1-3H3,(H,28,29). The zero-order valence-corrected chi connectivity index (χ0v) is 20.5. The number of piperidine rings is 1. The summed E-state index contributed by atoms with van der Waals surface area (Å²) in [5.41, 5.74) is 0.108. The van der Waals surface area contributed by atoms with Crippen LogP contribution in [-0.4, -0.2) is 89.4 Å². The van der Waals surface area contributed by atoms with Gasteiger partial charge in [-0.05, 0) is 50.9 Å². The van der Waals surface area contributed by atoms with E-state index in [9.17, 15) is 18.3 Å². The molecule has 4 rings (SSSR count). The second kappa shape index (κ2) is 9.25. The topological polar surface area (TPSA) is 116 Å². The molecular formula is C22H35N5O5S. The number of ether oxygens (including phenoxy) is 1. The van der Waals surface area contributed by atoms with Crippen LogP contribution in [0.15, 0.2) is 12.4 Å². The summed E-state index contributed by atoms with van der Waals surface area (Å²) < 4.78 is 32.1. The van der Waals surface area contributed by atoms with Crippen LogP contribution in [0.2, 0.25) is 0 Å². The minimum absolute atomic E-state index is 0.0592. The highest BCUT2D eigenvalue weighted by Gasteiger charge is 2.50. The Balaban J connectivity index is 1.28. The first-order valence-electron chi connectivity index (χ1n) is 11.8. The van der Waals surface area contributed by atoms with Crippen molar-refractivity contribution in [1.29, 1.82) is 0 Å². The molecule has 2 unspecified atom stereocenters. The zero-order chi connectivity index (χ0) is 23.8. The molecule has 1 aromatic heterocycles. The van der Waals surface area contributed by atoms with Crippen LogP contribution in [0.3, 0.4) is 0 Å². The van der Waals surface area contributed by atoms with Gasteiger partial charge in [0.15, 0.2) is 0 Å². The number of amides is 1. The number of carbonyl (C=O) groups is 1. The van der Waals surface area contributed by atoms with E-state index < -0.39 is 21.4 Å². The van der Waals surface area contributed by atoms with Gasteiger partial charge in [-0.3, -0.25) is 0 Å². The highest BCUT2D eigenvalue weighted by molar-refractivity contribution is 7.89. The summed E-state index contributed by atoms with van der Waals surface area (Å²) in [6.07, 6.45) is 6.23. The largest absolute Gasteiger partial charge is 0.476 e. The second-order valence-corrected chi connectivity index (χ2v) is 12.5. The SMILES string of the molecule is CC(C)S(=O)(=O)N1CCN(c2cnc(OCC3CCN(C(=O)O)C(C4(C)CC4)C3)cn2)CC1. The highest BCUT2D eigenvalue weighted by atomic mass is 32.2. The van der Waals surface area contributed by atoms with Gasteiger partial charge >= 0.3 is 6.09 Å². The molecule has 1 aromatic rings. The van der Waals surface area contributed by atoms with Crippen LogP contribution >= 0.6 is 0 Å². The van der Waals surface area contributed by atoms with Gasteiger partial charge in [0.1, 0.15) is 5.82 Å². The van der Waals surface area contributed by atoms with E-state index in [4.69, 9.17) is 4.74 Å². The first kappa shape index (κ1) is 24.0. The van der Waals surface area contributed by atoms with Gasteiger partial charge in [0.2, 0.25) is 15.9 Å². The molecule has 2 aliphatic heterocycles. The average Bonchev–Trinajstić information content (AvgIpc) is 3.56. The number of anilines is 1. The third-order valence-electron chi connectivity index (χ3n) is 7.40. The Hall–Kier alpha value is -2.14. The van der Waals surface area contributed by atoms with Crippen molar-refractivity contribution in [1.82, 2.24) is 19.2 Å². The molecule has 1 aliphatic carbocycles. The van der Waals surface area contributed by atoms with E-state index in [2.05, 4.69) is 16.9 Å².